The zero-order chi connectivity index (χ0) is 14.4. The lowest BCUT2D eigenvalue weighted by Gasteiger charge is -2.12. The third kappa shape index (κ3) is 4.23. The minimum Gasteiger partial charge on any atom is -0.490 e. The number of aliphatic hydroxyl groups excluding tert-OH is 1. The van der Waals surface area contributed by atoms with Crippen LogP contribution in [0.1, 0.15) is 5.56 Å². The first-order chi connectivity index (χ1) is 9.70. The molecule has 0 aliphatic heterocycles. The van der Waals surface area contributed by atoms with E-state index >= 15 is 0 Å². The number of benzene rings is 2. The fraction of sp³-hybridized carbons (Fsp3) is 0.200. The van der Waals surface area contributed by atoms with Crippen LogP contribution in [0.3, 0.4) is 0 Å². The highest BCUT2D eigenvalue weighted by atomic mass is 79.9. The van der Waals surface area contributed by atoms with Crippen molar-refractivity contribution in [2.45, 2.75) is 6.61 Å². The van der Waals surface area contributed by atoms with E-state index < -0.39 is 0 Å². The molecule has 0 fully saturated rings. The fourth-order valence-corrected chi connectivity index (χ4v) is 2.46. The van der Waals surface area contributed by atoms with Gasteiger partial charge in [0.1, 0.15) is 24.7 Å². The lowest BCUT2D eigenvalue weighted by molar-refractivity contribution is 0.209. The molecule has 0 unspecified atom stereocenters. The zero-order valence-corrected chi connectivity index (χ0v) is 13.9. The van der Waals surface area contributed by atoms with Crippen molar-refractivity contribution >= 4 is 31.9 Å². The predicted molar refractivity (Wildman–Crippen MR) is 85.2 cm³/mol. The Kier molecular flexibility index (Phi) is 5.88. The van der Waals surface area contributed by atoms with Crippen molar-refractivity contribution in [3.63, 3.8) is 0 Å². The van der Waals surface area contributed by atoms with Crippen LogP contribution in [0.15, 0.2) is 51.4 Å². The van der Waals surface area contributed by atoms with Crippen LogP contribution < -0.4 is 9.47 Å². The Morgan fingerprint density at radius 3 is 2.30 bits per heavy atom. The molecule has 2 rings (SSSR count). The lowest BCUT2D eigenvalue weighted by atomic mass is 10.2. The molecule has 0 amide bonds. The summed E-state index contributed by atoms with van der Waals surface area (Å²) in [4.78, 5) is 0. The normalized spacial score (nSPS) is 10.3. The highest BCUT2D eigenvalue weighted by Crippen LogP contribution is 2.29. The van der Waals surface area contributed by atoms with Crippen LogP contribution in [-0.4, -0.2) is 18.3 Å². The Hall–Kier alpha value is -1.04. The van der Waals surface area contributed by atoms with Crippen LogP contribution in [0.25, 0.3) is 0 Å². The second-order valence-corrected chi connectivity index (χ2v) is 5.81. The van der Waals surface area contributed by atoms with Crippen molar-refractivity contribution in [3.8, 4) is 11.5 Å². The minimum atomic E-state index is -0.0532. The van der Waals surface area contributed by atoms with Crippen molar-refractivity contribution < 1.29 is 14.6 Å². The Labute approximate surface area is 134 Å². The second-order valence-electron chi connectivity index (χ2n) is 4.04. The van der Waals surface area contributed by atoms with Crippen molar-refractivity contribution in [3.05, 3.63) is 57.0 Å². The first-order valence-corrected chi connectivity index (χ1v) is 7.68. The standard InChI is InChI=1S/C15H14Br2O3/c16-12-4-6-13(7-5-12)19-8-9-20-15-11(10-18)2-1-3-14(15)17/h1-7,18H,8-10H2. The molecule has 0 radical (unpaired) electrons. The van der Waals surface area contributed by atoms with E-state index in [0.717, 1.165) is 20.3 Å². The Balaban J connectivity index is 1.86. The highest BCUT2D eigenvalue weighted by Gasteiger charge is 2.07. The first-order valence-electron chi connectivity index (χ1n) is 6.10. The summed E-state index contributed by atoms with van der Waals surface area (Å²) >= 11 is 6.78. The number of hydrogen-bond donors (Lipinski definition) is 1. The van der Waals surface area contributed by atoms with Gasteiger partial charge in [-0.15, -0.1) is 0 Å². The van der Waals surface area contributed by atoms with Crippen molar-refractivity contribution in [2.75, 3.05) is 13.2 Å². The Morgan fingerprint density at radius 2 is 1.60 bits per heavy atom. The molecule has 0 aromatic heterocycles. The van der Waals surface area contributed by atoms with Gasteiger partial charge in [-0.3, -0.25) is 0 Å². The molecular formula is C15H14Br2O3. The number of hydrogen-bond acceptors (Lipinski definition) is 3. The maximum absolute atomic E-state index is 9.27. The van der Waals surface area contributed by atoms with Gasteiger partial charge in [0, 0.05) is 10.0 Å². The van der Waals surface area contributed by atoms with Crippen molar-refractivity contribution in [2.24, 2.45) is 0 Å². The highest BCUT2D eigenvalue weighted by molar-refractivity contribution is 9.10. The van der Waals surface area contributed by atoms with Crippen LogP contribution in [0.4, 0.5) is 0 Å². The van der Waals surface area contributed by atoms with Gasteiger partial charge in [0.25, 0.3) is 0 Å². The van der Waals surface area contributed by atoms with Gasteiger partial charge >= 0.3 is 0 Å². The van der Waals surface area contributed by atoms with E-state index in [0.29, 0.717) is 19.0 Å². The van der Waals surface area contributed by atoms with E-state index in [9.17, 15) is 5.11 Å². The monoisotopic (exact) mass is 400 g/mol. The van der Waals surface area contributed by atoms with Gasteiger partial charge in [-0.2, -0.15) is 0 Å². The van der Waals surface area contributed by atoms with E-state index in [1.165, 1.54) is 0 Å². The van der Waals surface area contributed by atoms with Crippen LogP contribution in [-0.2, 0) is 6.61 Å². The summed E-state index contributed by atoms with van der Waals surface area (Å²) < 4.78 is 13.1. The summed E-state index contributed by atoms with van der Waals surface area (Å²) in [6, 6.07) is 13.2. The second kappa shape index (κ2) is 7.67. The van der Waals surface area contributed by atoms with Gasteiger partial charge < -0.3 is 14.6 Å². The molecule has 1 N–H and O–H groups in total. The van der Waals surface area contributed by atoms with E-state index in [-0.39, 0.29) is 6.61 Å². The average molecular weight is 402 g/mol. The smallest absolute Gasteiger partial charge is 0.139 e. The van der Waals surface area contributed by atoms with Crippen molar-refractivity contribution in [1.82, 2.24) is 0 Å². The maximum Gasteiger partial charge on any atom is 0.139 e. The molecular weight excluding hydrogens is 388 g/mol. The van der Waals surface area contributed by atoms with Gasteiger partial charge in [0.2, 0.25) is 0 Å². The SMILES string of the molecule is OCc1cccc(Br)c1OCCOc1ccc(Br)cc1. The molecule has 0 saturated heterocycles. The van der Waals surface area contributed by atoms with Gasteiger partial charge in [-0.1, -0.05) is 28.1 Å². The molecule has 0 atom stereocenters. The first kappa shape index (κ1) is 15.4. The Morgan fingerprint density at radius 1 is 0.900 bits per heavy atom. The quantitative estimate of drug-likeness (QED) is 0.738. The van der Waals surface area contributed by atoms with Crippen LogP contribution in [0.2, 0.25) is 0 Å². The van der Waals surface area contributed by atoms with E-state index in [1.807, 2.05) is 42.5 Å². The number of aliphatic hydroxyl groups is 1. The average Bonchev–Trinajstić information content (AvgIpc) is 2.46. The molecule has 0 aliphatic rings. The molecule has 0 aliphatic carbocycles. The third-order valence-corrected chi connectivity index (χ3v) is 3.78. The largest absolute Gasteiger partial charge is 0.490 e. The topological polar surface area (TPSA) is 38.7 Å². The van der Waals surface area contributed by atoms with E-state index in [4.69, 9.17) is 9.47 Å². The summed E-state index contributed by atoms with van der Waals surface area (Å²) in [5, 5.41) is 9.27. The lowest BCUT2D eigenvalue weighted by Crippen LogP contribution is -2.10. The summed E-state index contributed by atoms with van der Waals surface area (Å²) in [5.74, 6) is 1.46. The summed E-state index contributed by atoms with van der Waals surface area (Å²) in [5.41, 5.74) is 0.753. The fourth-order valence-electron chi connectivity index (χ4n) is 1.67. The molecule has 0 saturated carbocycles. The van der Waals surface area contributed by atoms with E-state index in [2.05, 4.69) is 31.9 Å². The number of para-hydroxylation sites is 1. The molecule has 2 aromatic rings. The third-order valence-electron chi connectivity index (χ3n) is 2.63. The molecule has 3 nitrogen and oxygen atoms in total. The van der Waals surface area contributed by atoms with Gasteiger partial charge in [-0.25, -0.2) is 0 Å². The Bertz CT molecular complexity index is 556. The summed E-state index contributed by atoms with van der Waals surface area (Å²) in [6.07, 6.45) is 0. The molecule has 106 valence electrons. The minimum absolute atomic E-state index is 0.0532. The van der Waals surface area contributed by atoms with Gasteiger partial charge in [0.15, 0.2) is 0 Å². The molecule has 0 heterocycles. The number of rotatable bonds is 6. The van der Waals surface area contributed by atoms with Gasteiger partial charge in [-0.05, 0) is 46.3 Å². The zero-order valence-electron chi connectivity index (χ0n) is 10.7. The molecule has 20 heavy (non-hydrogen) atoms. The summed E-state index contributed by atoms with van der Waals surface area (Å²) in [7, 11) is 0. The van der Waals surface area contributed by atoms with E-state index in [1.54, 1.807) is 0 Å². The van der Waals surface area contributed by atoms with Crippen LogP contribution in [0.5, 0.6) is 11.5 Å². The maximum atomic E-state index is 9.27. The molecule has 2 aromatic carbocycles. The predicted octanol–water partition coefficient (Wildman–Crippen LogP) is 4.16. The van der Waals surface area contributed by atoms with Crippen molar-refractivity contribution in [1.29, 1.82) is 0 Å². The van der Waals surface area contributed by atoms with Crippen LogP contribution in [0, 0.1) is 0 Å². The number of halogens is 2. The van der Waals surface area contributed by atoms with Gasteiger partial charge in [0.05, 0.1) is 11.1 Å². The summed E-state index contributed by atoms with van der Waals surface area (Å²) in [6.45, 7) is 0.794. The molecule has 0 spiro atoms. The molecule has 0 bridgehead atoms. The van der Waals surface area contributed by atoms with Crippen LogP contribution >= 0.6 is 31.9 Å². The molecule has 5 heteroatoms. The number of ether oxygens (including phenoxy) is 2.